The van der Waals surface area contributed by atoms with Gasteiger partial charge in [0.2, 0.25) is 0 Å². The Kier molecular flexibility index (Phi) is 2.32. The van der Waals surface area contributed by atoms with Crippen LogP contribution in [0.3, 0.4) is 0 Å². The van der Waals surface area contributed by atoms with E-state index in [1.165, 1.54) is 5.56 Å². The van der Waals surface area contributed by atoms with Gasteiger partial charge in [-0.25, -0.2) is 0 Å². The number of carbonyl (C=O) groups is 1. The minimum absolute atomic E-state index is 0.0345. The summed E-state index contributed by atoms with van der Waals surface area (Å²) in [6.07, 6.45) is 5.16. The molecule has 1 aliphatic carbocycles. The first-order valence-electron chi connectivity index (χ1n) is 6.11. The largest absolute Gasteiger partial charge is 0.465 e. The first kappa shape index (κ1) is 10.6. The van der Waals surface area contributed by atoms with Crippen LogP contribution in [-0.4, -0.2) is 12.6 Å². The normalized spacial score (nSPS) is 35.5. The molecule has 0 unspecified atom stereocenters. The number of ether oxygens (including phenoxy) is 1. The molecule has 0 spiro atoms. The topological polar surface area (TPSA) is 26.3 Å². The summed E-state index contributed by atoms with van der Waals surface area (Å²) in [6, 6.07) is 10.4. The third-order valence-corrected chi connectivity index (χ3v) is 4.18. The van der Waals surface area contributed by atoms with E-state index in [-0.39, 0.29) is 17.3 Å². The van der Waals surface area contributed by atoms with Gasteiger partial charge in [-0.15, -0.1) is 0 Å². The number of rotatable bonds is 1. The molecule has 2 aliphatic rings. The van der Waals surface area contributed by atoms with Crippen molar-refractivity contribution >= 4 is 5.97 Å². The van der Waals surface area contributed by atoms with Gasteiger partial charge in [-0.3, -0.25) is 4.79 Å². The molecule has 0 aromatic heterocycles. The van der Waals surface area contributed by atoms with Crippen molar-refractivity contribution in [2.45, 2.75) is 19.3 Å². The predicted molar refractivity (Wildman–Crippen MR) is 65.5 cm³/mol. The van der Waals surface area contributed by atoms with Crippen LogP contribution in [0.15, 0.2) is 42.5 Å². The van der Waals surface area contributed by atoms with E-state index in [0.29, 0.717) is 12.5 Å². The summed E-state index contributed by atoms with van der Waals surface area (Å²) in [5, 5.41) is 0. The zero-order chi connectivity index (χ0) is 11.9. The van der Waals surface area contributed by atoms with Crippen molar-refractivity contribution in [3.63, 3.8) is 0 Å². The fourth-order valence-electron chi connectivity index (χ4n) is 3.01. The zero-order valence-electron chi connectivity index (χ0n) is 9.93. The summed E-state index contributed by atoms with van der Waals surface area (Å²) in [4.78, 5) is 11.9. The average Bonchev–Trinajstić information content (AvgIpc) is 2.67. The number of hydrogen-bond donors (Lipinski definition) is 0. The van der Waals surface area contributed by atoms with Crippen molar-refractivity contribution in [1.82, 2.24) is 0 Å². The molecule has 2 heteroatoms. The second-order valence-corrected chi connectivity index (χ2v) is 5.19. The van der Waals surface area contributed by atoms with Gasteiger partial charge in [0.1, 0.15) is 0 Å². The molecule has 0 N–H and O–H groups in total. The first-order valence-corrected chi connectivity index (χ1v) is 6.11. The maximum absolute atomic E-state index is 11.9. The Balaban J connectivity index is 2.00. The number of cyclic esters (lactones) is 1. The van der Waals surface area contributed by atoms with E-state index in [1.807, 2.05) is 25.1 Å². The third-order valence-electron chi connectivity index (χ3n) is 4.18. The number of benzene rings is 1. The van der Waals surface area contributed by atoms with Crippen LogP contribution in [0, 0.1) is 11.3 Å². The number of carbonyl (C=O) groups excluding carboxylic acids is 1. The van der Waals surface area contributed by atoms with Crippen molar-refractivity contribution in [3.8, 4) is 0 Å². The smallest absolute Gasteiger partial charge is 0.312 e. The fourth-order valence-corrected chi connectivity index (χ4v) is 3.01. The molecule has 3 rings (SSSR count). The van der Waals surface area contributed by atoms with Gasteiger partial charge in [0.05, 0.1) is 12.0 Å². The van der Waals surface area contributed by atoms with Crippen LogP contribution in [0.25, 0.3) is 0 Å². The molecular weight excluding hydrogens is 212 g/mol. The Morgan fingerprint density at radius 2 is 2.06 bits per heavy atom. The second-order valence-electron chi connectivity index (χ2n) is 5.19. The highest BCUT2D eigenvalue weighted by atomic mass is 16.5. The molecule has 1 aromatic rings. The highest BCUT2D eigenvalue weighted by molar-refractivity contribution is 5.79. The number of allylic oxidation sites excluding steroid dienone is 2. The molecule has 17 heavy (non-hydrogen) atoms. The molecule has 0 bridgehead atoms. The number of esters is 1. The SMILES string of the molecule is C[C@]12CC=C[C@H](c3ccccc3)[C@@H]1COC2=O. The maximum atomic E-state index is 11.9. The highest BCUT2D eigenvalue weighted by Crippen LogP contribution is 2.49. The van der Waals surface area contributed by atoms with Crippen LogP contribution in [-0.2, 0) is 9.53 Å². The van der Waals surface area contributed by atoms with Crippen LogP contribution < -0.4 is 0 Å². The summed E-state index contributed by atoms with van der Waals surface area (Å²) in [5.41, 5.74) is 0.952. The molecule has 88 valence electrons. The van der Waals surface area contributed by atoms with Gasteiger partial charge in [-0.05, 0) is 18.9 Å². The minimum atomic E-state index is -0.324. The quantitative estimate of drug-likeness (QED) is 0.545. The van der Waals surface area contributed by atoms with Gasteiger partial charge in [0.25, 0.3) is 0 Å². The van der Waals surface area contributed by atoms with Crippen LogP contribution in [0.4, 0.5) is 0 Å². The lowest BCUT2D eigenvalue weighted by Crippen LogP contribution is -2.35. The van der Waals surface area contributed by atoms with E-state index < -0.39 is 0 Å². The Labute approximate surface area is 101 Å². The molecule has 0 amide bonds. The van der Waals surface area contributed by atoms with E-state index >= 15 is 0 Å². The first-order chi connectivity index (χ1) is 8.22. The third kappa shape index (κ3) is 1.51. The molecule has 1 heterocycles. The summed E-state index contributed by atoms with van der Waals surface area (Å²) < 4.78 is 5.28. The van der Waals surface area contributed by atoms with Crippen LogP contribution >= 0.6 is 0 Å². The Hall–Kier alpha value is -1.57. The molecule has 3 atom stereocenters. The van der Waals surface area contributed by atoms with Crippen molar-refractivity contribution in [2.75, 3.05) is 6.61 Å². The lowest BCUT2D eigenvalue weighted by molar-refractivity contribution is -0.145. The molecule has 0 saturated carbocycles. The van der Waals surface area contributed by atoms with E-state index in [2.05, 4.69) is 24.3 Å². The summed E-state index contributed by atoms with van der Waals surface area (Å²) >= 11 is 0. The van der Waals surface area contributed by atoms with E-state index in [9.17, 15) is 4.79 Å². The lowest BCUT2D eigenvalue weighted by atomic mass is 9.65. The van der Waals surface area contributed by atoms with Crippen LogP contribution in [0.5, 0.6) is 0 Å². The predicted octanol–water partition coefficient (Wildman–Crippen LogP) is 2.91. The highest BCUT2D eigenvalue weighted by Gasteiger charge is 2.52. The van der Waals surface area contributed by atoms with Crippen molar-refractivity contribution in [3.05, 3.63) is 48.0 Å². The van der Waals surface area contributed by atoms with Crippen molar-refractivity contribution in [1.29, 1.82) is 0 Å². The Morgan fingerprint density at radius 3 is 2.82 bits per heavy atom. The van der Waals surface area contributed by atoms with Gasteiger partial charge in [0, 0.05) is 11.8 Å². The Bertz CT molecular complexity index is 463. The lowest BCUT2D eigenvalue weighted by Gasteiger charge is -2.34. The molecule has 0 radical (unpaired) electrons. The van der Waals surface area contributed by atoms with Crippen LogP contribution in [0.2, 0.25) is 0 Å². The molecule has 1 aliphatic heterocycles. The van der Waals surface area contributed by atoms with Gasteiger partial charge in [-0.1, -0.05) is 42.5 Å². The summed E-state index contributed by atoms with van der Waals surface area (Å²) in [5.74, 6) is 0.552. The number of fused-ring (bicyclic) bond motifs is 1. The van der Waals surface area contributed by atoms with E-state index in [1.54, 1.807) is 0 Å². The molecule has 1 aromatic carbocycles. The number of hydrogen-bond acceptors (Lipinski definition) is 2. The standard InChI is InChI=1S/C15H16O2/c1-15-9-5-8-12(11-6-3-2-4-7-11)13(15)10-17-14(15)16/h2-8,12-13H,9-10H2,1H3/t12-,13+,15+/m1/s1. The average molecular weight is 228 g/mol. The molecule has 2 nitrogen and oxygen atoms in total. The molecular formula is C15H16O2. The van der Waals surface area contributed by atoms with Gasteiger partial charge in [-0.2, -0.15) is 0 Å². The maximum Gasteiger partial charge on any atom is 0.312 e. The fraction of sp³-hybridized carbons (Fsp3) is 0.400. The molecule has 1 fully saturated rings. The second kappa shape index (κ2) is 3.73. The van der Waals surface area contributed by atoms with Crippen LogP contribution in [0.1, 0.15) is 24.8 Å². The monoisotopic (exact) mass is 228 g/mol. The zero-order valence-corrected chi connectivity index (χ0v) is 9.93. The van der Waals surface area contributed by atoms with Gasteiger partial charge >= 0.3 is 5.97 Å². The Morgan fingerprint density at radius 1 is 1.29 bits per heavy atom. The van der Waals surface area contributed by atoms with Crippen molar-refractivity contribution in [2.24, 2.45) is 11.3 Å². The van der Waals surface area contributed by atoms with Crippen molar-refractivity contribution < 1.29 is 9.53 Å². The molecule has 1 saturated heterocycles. The summed E-state index contributed by atoms with van der Waals surface area (Å²) in [7, 11) is 0. The van der Waals surface area contributed by atoms with Gasteiger partial charge < -0.3 is 4.74 Å². The van der Waals surface area contributed by atoms with E-state index in [0.717, 1.165) is 6.42 Å². The summed E-state index contributed by atoms with van der Waals surface area (Å²) in [6.45, 7) is 2.59. The van der Waals surface area contributed by atoms with E-state index in [4.69, 9.17) is 4.74 Å². The van der Waals surface area contributed by atoms with Gasteiger partial charge in [0.15, 0.2) is 0 Å². The minimum Gasteiger partial charge on any atom is -0.465 e.